The monoisotopic (exact) mass is 321 g/mol. The minimum atomic E-state index is -0.862. The van der Waals surface area contributed by atoms with Crippen LogP contribution in [0.25, 0.3) is 0 Å². The third kappa shape index (κ3) is 4.50. The predicted molar refractivity (Wildman–Crippen MR) is 88.4 cm³/mol. The molecule has 0 spiro atoms. The summed E-state index contributed by atoms with van der Waals surface area (Å²) >= 11 is 1.23. The van der Waals surface area contributed by atoms with Crippen molar-refractivity contribution in [3.8, 4) is 0 Å². The van der Waals surface area contributed by atoms with Crippen molar-refractivity contribution < 1.29 is 14.7 Å². The lowest BCUT2D eigenvalue weighted by atomic mass is 10.1. The zero-order valence-electron chi connectivity index (χ0n) is 13.0. The molecule has 1 aliphatic heterocycles. The van der Waals surface area contributed by atoms with E-state index in [0.717, 1.165) is 30.8 Å². The molecule has 0 bridgehead atoms. The summed E-state index contributed by atoms with van der Waals surface area (Å²) in [6.07, 6.45) is 5.70. The molecule has 0 saturated carbocycles. The molecule has 22 heavy (non-hydrogen) atoms. The van der Waals surface area contributed by atoms with Gasteiger partial charge in [-0.3, -0.25) is 9.59 Å². The molecule has 1 amide bonds. The van der Waals surface area contributed by atoms with Gasteiger partial charge in [0.2, 0.25) is 0 Å². The molecule has 0 radical (unpaired) electrons. The Morgan fingerprint density at radius 1 is 1.09 bits per heavy atom. The second-order valence-electron chi connectivity index (χ2n) is 5.65. The minimum absolute atomic E-state index is 0.0302. The number of amides is 1. The van der Waals surface area contributed by atoms with Crippen molar-refractivity contribution in [3.05, 3.63) is 29.8 Å². The summed E-state index contributed by atoms with van der Waals surface area (Å²) in [7, 11) is 0. The molecule has 0 aliphatic carbocycles. The molecule has 0 aromatic heterocycles. The molecular weight excluding hydrogens is 298 g/mol. The first-order chi connectivity index (χ1) is 10.6. The number of thioether (sulfide) groups is 1. The van der Waals surface area contributed by atoms with E-state index in [-0.39, 0.29) is 5.91 Å². The smallest absolute Gasteiger partial charge is 0.316 e. The van der Waals surface area contributed by atoms with Crippen molar-refractivity contribution in [1.82, 2.24) is 4.90 Å². The van der Waals surface area contributed by atoms with Gasteiger partial charge in [0.1, 0.15) is 5.25 Å². The van der Waals surface area contributed by atoms with Gasteiger partial charge in [0.05, 0.1) is 5.56 Å². The van der Waals surface area contributed by atoms with Gasteiger partial charge in [-0.1, -0.05) is 31.4 Å². The molecule has 1 aromatic carbocycles. The molecule has 1 aliphatic rings. The molecule has 1 aromatic rings. The molecular formula is C17H23NO3S. The maximum atomic E-state index is 12.8. The number of carbonyl (C=O) groups excluding carboxylic acids is 1. The fourth-order valence-electron chi connectivity index (χ4n) is 2.61. The van der Waals surface area contributed by atoms with Crippen molar-refractivity contribution in [2.45, 2.75) is 49.2 Å². The van der Waals surface area contributed by atoms with E-state index in [2.05, 4.69) is 0 Å². The number of carbonyl (C=O) groups is 2. The largest absolute Gasteiger partial charge is 0.480 e. The predicted octanol–water partition coefficient (Wildman–Crippen LogP) is 3.66. The average molecular weight is 321 g/mol. The highest BCUT2D eigenvalue weighted by molar-refractivity contribution is 8.00. The second-order valence-corrected chi connectivity index (χ2v) is 7.04. The lowest BCUT2D eigenvalue weighted by molar-refractivity contribution is -0.136. The Kier molecular flexibility index (Phi) is 6.31. The number of carboxylic acids is 1. The zero-order valence-corrected chi connectivity index (χ0v) is 13.8. The van der Waals surface area contributed by atoms with Gasteiger partial charge < -0.3 is 10.0 Å². The number of likely N-dealkylation sites (tertiary alicyclic amines) is 1. The molecule has 1 unspecified atom stereocenters. The Hall–Kier alpha value is -1.49. The Morgan fingerprint density at radius 3 is 2.32 bits per heavy atom. The fourth-order valence-corrected chi connectivity index (χ4v) is 3.53. The molecule has 1 atom stereocenters. The van der Waals surface area contributed by atoms with Crippen LogP contribution in [0.2, 0.25) is 0 Å². The first-order valence-electron chi connectivity index (χ1n) is 7.87. The molecule has 4 nitrogen and oxygen atoms in total. The van der Waals surface area contributed by atoms with Gasteiger partial charge in [0.25, 0.3) is 5.91 Å². The molecule has 1 heterocycles. The number of carboxylic acid groups (broad SMARTS) is 1. The van der Waals surface area contributed by atoms with Gasteiger partial charge in [-0.15, -0.1) is 11.8 Å². The minimum Gasteiger partial charge on any atom is -0.480 e. The first kappa shape index (κ1) is 16.9. The highest BCUT2D eigenvalue weighted by Crippen LogP contribution is 2.28. The van der Waals surface area contributed by atoms with Crippen LogP contribution in [0.5, 0.6) is 0 Å². The Bertz CT molecular complexity index is 524. The van der Waals surface area contributed by atoms with Gasteiger partial charge in [0, 0.05) is 18.0 Å². The molecule has 5 heteroatoms. The van der Waals surface area contributed by atoms with Crippen LogP contribution in [0.15, 0.2) is 29.2 Å². The van der Waals surface area contributed by atoms with Gasteiger partial charge in [-0.25, -0.2) is 0 Å². The summed E-state index contributed by atoms with van der Waals surface area (Å²) in [5.41, 5.74) is 0.626. The van der Waals surface area contributed by atoms with Gasteiger partial charge in [-0.05, 0) is 31.9 Å². The fraction of sp³-hybridized carbons (Fsp3) is 0.529. The molecule has 1 N–H and O–H groups in total. The quantitative estimate of drug-likeness (QED) is 0.860. The van der Waals surface area contributed by atoms with Crippen molar-refractivity contribution >= 4 is 23.6 Å². The van der Waals surface area contributed by atoms with E-state index in [0.29, 0.717) is 5.56 Å². The van der Waals surface area contributed by atoms with Gasteiger partial charge in [0.15, 0.2) is 0 Å². The van der Waals surface area contributed by atoms with E-state index in [1.165, 1.54) is 31.0 Å². The standard InChI is InChI=1S/C17H23NO3S/c1-13(17(20)21)22-15-10-6-5-9-14(15)16(19)18-11-7-3-2-4-8-12-18/h5-6,9-10,13H,2-4,7-8,11-12H2,1H3,(H,20,21). The third-order valence-electron chi connectivity index (χ3n) is 3.91. The summed E-state index contributed by atoms with van der Waals surface area (Å²) in [5.74, 6) is -0.832. The topological polar surface area (TPSA) is 57.6 Å². The van der Waals surface area contributed by atoms with Crippen LogP contribution in [0, 0.1) is 0 Å². The first-order valence-corrected chi connectivity index (χ1v) is 8.75. The Morgan fingerprint density at radius 2 is 1.68 bits per heavy atom. The summed E-state index contributed by atoms with van der Waals surface area (Å²) < 4.78 is 0. The van der Waals surface area contributed by atoms with Crippen molar-refractivity contribution in [2.75, 3.05) is 13.1 Å². The summed E-state index contributed by atoms with van der Waals surface area (Å²) in [6.45, 7) is 3.24. The normalized spacial score (nSPS) is 17.4. The molecule has 1 saturated heterocycles. The molecule has 1 fully saturated rings. The third-order valence-corrected chi connectivity index (χ3v) is 5.08. The van der Waals surface area contributed by atoms with Crippen molar-refractivity contribution in [2.24, 2.45) is 0 Å². The van der Waals surface area contributed by atoms with Crippen LogP contribution in [-0.2, 0) is 4.79 Å². The van der Waals surface area contributed by atoms with E-state index in [1.807, 2.05) is 23.1 Å². The number of nitrogens with zero attached hydrogens (tertiary/aromatic N) is 1. The number of hydrogen-bond acceptors (Lipinski definition) is 3. The molecule has 120 valence electrons. The number of hydrogen-bond donors (Lipinski definition) is 1. The summed E-state index contributed by atoms with van der Waals surface area (Å²) in [4.78, 5) is 26.5. The Balaban J connectivity index is 2.15. The SMILES string of the molecule is CC(Sc1ccccc1C(=O)N1CCCCCCC1)C(=O)O. The average Bonchev–Trinajstić information content (AvgIpc) is 2.46. The number of aliphatic carboxylic acids is 1. The molecule has 2 rings (SSSR count). The van der Waals surface area contributed by atoms with Crippen LogP contribution in [0.4, 0.5) is 0 Å². The maximum absolute atomic E-state index is 12.8. The van der Waals surface area contributed by atoms with Crippen LogP contribution >= 0.6 is 11.8 Å². The van der Waals surface area contributed by atoms with E-state index >= 15 is 0 Å². The Labute approximate surface area is 135 Å². The van der Waals surface area contributed by atoms with Crippen LogP contribution in [0.3, 0.4) is 0 Å². The summed E-state index contributed by atoms with van der Waals surface area (Å²) in [5, 5.41) is 8.51. The van der Waals surface area contributed by atoms with Crippen LogP contribution in [-0.4, -0.2) is 40.2 Å². The van der Waals surface area contributed by atoms with E-state index < -0.39 is 11.2 Å². The lowest BCUT2D eigenvalue weighted by Gasteiger charge is -2.25. The van der Waals surface area contributed by atoms with E-state index in [9.17, 15) is 9.59 Å². The summed E-state index contributed by atoms with van der Waals surface area (Å²) in [6, 6.07) is 7.33. The van der Waals surface area contributed by atoms with E-state index in [1.54, 1.807) is 13.0 Å². The van der Waals surface area contributed by atoms with Crippen LogP contribution in [0.1, 0.15) is 49.4 Å². The van der Waals surface area contributed by atoms with Gasteiger partial charge in [-0.2, -0.15) is 0 Å². The number of rotatable bonds is 4. The van der Waals surface area contributed by atoms with Crippen molar-refractivity contribution in [3.63, 3.8) is 0 Å². The highest BCUT2D eigenvalue weighted by atomic mass is 32.2. The second kappa shape index (κ2) is 8.22. The zero-order chi connectivity index (χ0) is 15.9. The highest BCUT2D eigenvalue weighted by Gasteiger charge is 2.21. The number of benzene rings is 1. The maximum Gasteiger partial charge on any atom is 0.316 e. The van der Waals surface area contributed by atoms with Gasteiger partial charge >= 0.3 is 5.97 Å². The van der Waals surface area contributed by atoms with E-state index in [4.69, 9.17) is 5.11 Å². The lowest BCUT2D eigenvalue weighted by Crippen LogP contribution is -2.34. The van der Waals surface area contributed by atoms with Crippen molar-refractivity contribution in [1.29, 1.82) is 0 Å². The van der Waals surface area contributed by atoms with Crippen LogP contribution < -0.4 is 0 Å².